The van der Waals surface area contributed by atoms with Gasteiger partial charge in [0.2, 0.25) is 0 Å². The minimum Gasteiger partial charge on any atom is -1.00 e. The first-order valence-electron chi connectivity index (χ1n) is 0.582. The molecule has 0 N–H and O–H groups in total. The second-order valence-corrected chi connectivity index (χ2v) is 0.168. The van der Waals surface area contributed by atoms with Gasteiger partial charge in [-0.2, -0.15) is 0 Å². The van der Waals surface area contributed by atoms with Gasteiger partial charge in [0.1, 0.15) is 0 Å². The monoisotopic (exact) mass is 85.0 g/mol. The third kappa shape index (κ3) is 14.0. The molecule has 0 heterocycles. The van der Waals surface area contributed by atoms with E-state index < -0.39 is 0 Å². The number of hydrogen-bond donors (Lipinski definition) is 0. The summed E-state index contributed by atoms with van der Waals surface area (Å²) in [5.74, 6) is 0. The van der Waals surface area contributed by atoms with Gasteiger partial charge in [-0.05, 0) is 0 Å². The molecule has 0 rings (SSSR count). The molecule has 0 saturated carbocycles. The van der Waals surface area contributed by atoms with Gasteiger partial charge >= 0.3 is 35.8 Å². The maximum absolute atomic E-state index is 9.86. The summed E-state index contributed by atoms with van der Waals surface area (Å²) < 4.78 is 9.86. The SMILES string of the molecule is N#COF.[H-].[Na+]. The van der Waals surface area contributed by atoms with Crippen molar-refractivity contribution in [3.05, 3.63) is 0 Å². The second kappa shape index (κ2) is 8.88. The first-order valence-corrected chi connectivity index (χ1v) is 0.582. The Morgan fingerprint density at radius 3 is 2.20 bits per heavy atom. The fourth-order valence-corrected chi connectivity index (χ4v) is 0. The molecular formula is CHFNNaO. The molecular weight excluding hydrogens is 84.0 g/mol. The number of nitriles is 1. The Labute approximate surface area is 52.2 Å². The van der Waals surface area contributed by atoms with E-state index in [-0.39, 0.29) is 31.0 Å². The molecule has 0 unspecified atom stereocenters. The van der Waals surface area contributed by atoms with Crippen molar-refractivity contribution >= 4 is 0 Å². The molecule has 4 heteroatoms. The average Bonchev–Trinajstić information content (AvgIpc) is 1.37. The van der Waals surface area contributed by atoms with Crippen LogP contribution in [0.1, 0.15) is 1.43 Å². The molecule has 0 amide bonds. The second-order valence-electron chi connectivity index (χ2n) is 0.168. The van der Waals surface area contributed by atoms with Crippen LogP contribution in [0.4, 0.5) is 4.53 Å². The van der Waals surface area contributed by atoms with Gasteiger partial charge in [-0.15, -0.1) is 5.26 Å². The van der Waals surface area contributed by atoms with Crippen LogP contribution in [0, 0.1) is 11.5 Å². The van der Waals surface area contributed by atoms with E-state index in [1.54, 1.807) is 0 Å². The topological polar surface area (TPSA) is 33.0 Å². The molecule has 2 nitrogen and oxygen atoms in total. The Kier molecular flexibility index (Phi) is 15.9. The molecule has 0 radical (unpaired) electrons. The number of rotatable bonds is 0. The minimum atomic E-state index is 0. The number of halogens is 1. The Hall–Kier alpha value is 0.220. The maximum Gasteiger partial charge on any atom is 1.00 e. The Morgan fingerprint density at radius 1 is 2.00 bits per heavy atom. The molecule has 0 aromatic rings. The summed E-state index contributed by atoms with van der Waals surface area (Å²) in [5, 5.41) is 7.03. The molecule has 0 fully saturated rings. The van der Waals surface area contributed by atoms with Gasteiger partial charge in [0.05, 0.1) is 0 Å². The van der Waals surface area contributed by atoms with Crippen molar-refractivity contribution in [1.82, 2.24) is 0 Å². The zero-order chi connectivity index (χ0) is 3.41. The van der Waals surface area contributed by atoms with Gasteiger partial charge in [-0.1, -0.05) is 0 Å². The zero-order valence-electron chi connectivity index (χ0n) is 3.73. The summed E-state index contributed by atoms with van der Waals surface area (Å²) >= 11 is 0. The van der Waals surface area contributed by atoms with Crippen molar-refractivity contribution in [3.63, 3.8) is 0 Å². The summed E-state index contributed by atoms with van der Waals surface area (Å²) in [5.41, 5.74) is 0. The number of hydrogen-bond acceptors (Lipinski definition) is 2. The quantitative estimate of drug-likeness (QED) is 0.240. The molecule has 0 spiro atoms. The Bertz CT molecular complexity index is 45.3. The summed E-state index contributed by atoms with van der Waals surface area (Å²) in [4.78, 5) is 2.35. The molecule has 0 saturated heterocycles. The van der Waals surface area contributed by atoms with Gasteiger partial charge in [0, 0.05) is 4.53 Å². The van der Waals surface area contributed by atoms with Crippen LogP contribution >= 0.6 is 0 Å². The third-order valence-corrected chi connectivity index (χ3v) is 0.0345. The van der Waals surface area contributed by atoms with Crippen LogP contribution < -0.4 is 29.6 Å². The van der Waals surface area contributed by atoms with Crippen molar-refractivity contribution in [2.45, 2.75) is 0 Å². The minimum absolute atomic E-state index is 0. The van der Waals surface area contributed by atoms with Crippen molar-refractivity contribution in [1.29, 1.82) is 5.26 Å². The van der Waals surface area contributed by atoms with E-state index in [0.717, 1.165) is 6.26 Å². The van der Waals surface area contributed by atoms with E-state index >= 15 is 0 Å². The zero-order valence-corrected chi connectivity index (χ0v) is 4.73. The molecule has 0 aromatic heterocycles. The normalized spacial score (nSPS) is 3.20. The molecule has 0 aliphatic carbocycles. The summed E-state index contributed by atoms with van der Waals surface area (Å²) in [6.07, 6.45) is 0.764. The van der Waals surface area contributed by atoms with Crippen LogP contribution in [0.25, 0.3) is 0 Å². The van der Waals surface area contributed by atoms with Crippen LogP contribution in [-0.4, -0.2) is 0 Å². The summed E-state index contributed by atoms with van der Waals surface area (Å²) in [7, 11) is 0. The predicted molar refractivity (Wildman–Crippen MR) is 8.92 cm³/mol. The Morgan fingerprint density at radius 2 is 2.20 bits per heavy atom. The molecule has 5 heavy (non-hydrogen) atoms. The van der Waals surface area contributed by atoms with Crippen LogP contribution in [0.5, 0.6) is 0 Å². The van der Waals surface area contributed by atoms with Gasteiger partial charge < -0.3 is 1.43 Å². The van der Waals surface area contributed by atoms with Gasteiger partial charge in [0.25, 0.3) is 0 Å². The van der Waals surface area contributed by atoms with E-state index in [9.17, 15) is 4.53 Å². The first-order chi connectivity index (χ1) is 1.91. The van der Waals surface area contributed by atoms with Gasteiger partial charge in [-0.25, -0.2) is 4.94 Å². The smallest absolute Gasteiger partial charge is 1.00 e. The average molecular weight is 85.0 g/mol. The fraction of sp³-hybridized carbons (Fsp3) is 0. The van der Waals surface area contributed by atoms with Crippen molar-refractivity contribution in [2.24, 2.45) is 0 Å². The molecule has 0 aromatic carbocycles. The number of nitrogens with zero attached hydrogens (tertiary/aromatic N) is 1. The maximum atomic E-state index is 9.86. The molecule has 0 aliphatic rings. The van der Waals surface area contributed by atoms with Crippen LogP contribution in [0.3, 0.4) is 0 Å². The fourth-order valence-electron chi connectivity index (χ4n) is 0. The van der Waals surface area contributed by atoms with E-state index in [0.29, 0.717) is 0 Å². The van der Waals surface area contributed by atoms with Crippen molar-refractivity contribution in [2.75, 3.05) is 0 Å². The summed E-state index contributed by atoms with van der Waals surface area (Å²) in [6, 6.07) is 0. The van der Waals surface area contributed by atoms with Crippen LogP contribution in [0.2, 0.25) is 0 Å². The first kappa shape index (κ1) is 8.97. The van der Waals surface area contributed by atoms with E-state index in [1.807, 2.05) is 0 Å². The molecule has 0 aliphatic heterocycles. The van der Waals surface area contributed by atoms with Crippen LogP contribution in [-0.2, 0) is 4.94 Å². The van der Waals surface area contributed by atoms with Gasteiger partial charge in [0.15, 0.2) is 0 Å². The van der Waals surface area contributed by atoms with E-state index in [1.165, 1.54) is 0 Å². The van der Waals surface area contributed by atoms with E-state index in [4.69, 9.17) is 5.26 Å². The molecule has 0 atom stereocenters. The van der Waals surface area contributed by atoms with Crippen molar-refractivity contribution < 1.29 is 40.5 Å². The Balaban J connectivity index is -0.0000000450. The molecule has 0 bridgehead atoms. The third-order valence-electron chi connectivity index (χ3n) is 0.0345. The van der Waals surface area contributed by atoms with E-state index in [2.05, 4.69) is 4.94 Å². The van der Waals surface area contributed by atoms with Gasteiger partial charge in [-0.3, -0.25) is 0 Å². The van der Waals surface area contributed by atoms with Crippen LogP contribution in [0.15, 0.2) is 0 Å². The molecule has 24 valence electrons. The standard InChI is InChI=1S/CFNO.Na.H/c2-4-1-3;;/q;+1;-1. The van der Waals surface area contributed by atoms with Crippen molar-refractivity contribution in [3.8, 4) is 6.26 Å². The predicted octanol–water partition coefficient (Wildman–Crippen LogP) is -2.51. The largest absolute Gasteiger partial charge is 1.00 e. The summed E-state index contributed by atoms with van der Waals surface area (Å²) in [6.45, 7) is 0.